The molecular weight excluding hydrogens is 382 g/mol. The Morgan fingerprint density at radius 2 is 1.76 bits per heavy atom. The van der Waals surface area contributed by atoms with Crippen molar-refractivity contribution in [2.45, 2.75) is 38.8 Å². The third-order valence-corrected chi connectivity index (χ3v) is 3.34. The van der Waals surface area contributed by atoms with Crippen molar-refractivity contribution in [2.75, 3.05) is 0 Å². The van der Waals surface area contributed by atoms with Gasteiger partial charge in [0.05, 0.1) is 11.3 Å². The Morgan fingerprint density at radius 3 is 2.38 bits per heavy atom. The van der Waals surface area contributed by atoms with E-state index in [-0.39, 0.29) is 17.7 Å². The van der Waals surface area contributed by atoms with Gasteiger partial charge in [-0.3, -0.25) is 0 Å². The molecule has 2 N–H and O–H groups in total. The summed E-state index contributed by atoms with van der Waals surface area (Å²) in [6.45, 7) is 4.85. The number of carbonyl (C=O) groups is 4. The van der Waals surface area contributed by atoms with Crippen LogP contribution in [-0.2, 0) is 25.4 Å². The van der Waals surface area contributed by atoms with Gasteiger partial charge in [0.15, 0.2) is 0 Å². The Labute approximate surface area is 166 Å². The molecule has 0 aliphatic heterocycles. The second-order valence-corrected chi connectivity index (χ2v) is 6.99. The molecule has 0 aliphatic rings. The van der Waals surface area contributed by atoms with Crippen molar-refractivity contribution in [1.29, 1.82) is 0 Å². The quantitative estimate of drug-likeness (QED) is 0.600. The molecular formula is C19H21N3O7. The molecule has 29 heavy (non-hydrogen) atoms. The molecule has 0 bridgehead atoms. The largest absolute Gasteiger partial charge is 0.516 e. The van der Waals surface area contributed by atoms with E-state index in [1.54, 1.807) is 39.0 Å². The predicted octanol–water partition coefficient (Wildman–Crippen LogP) is 2.06. The Morgan fingerprint density at radius 1 is 1.10 bits per heavy atom. The zero-order chi connectivity index (χ0) is 21.6. The second kappa shape index (κ2) is 9.11. The number of carbonyl (C=O) groups excluding carboxylic acids is 4. The van der Waals surface area contributed by atoms with E-state index in [1.165, 1.54) is 18.3 Å². The van der Waals surface area contributed by atoms with E-state index < -0.39 is 35.8 Å². The maximum absolute atomic E-state index is 12.0. The number of imidazole rings is 1. The van der Waals surface area contributed by atoms with E-state index in [2.05, 4.69) is 9.72 Å². The number of hydrogen-bond acceptors (Lipinski definition) is 9. The van der Waals surface area contributed by atoms with E-state index >= 15 is 0 Å². The minimum Gasteiger partial charge on any atom is -0.428 e. The van der Waals surface area contributed by atoms with Crippen LogP contribution in [0.15, 0.2) is 42.9 Å². The fourth-order valence-corrected chi connectivity index (χ4v) is 2.07. The Kier molecular flexibility index (Phi) is 6.84. The monoisotopic (exact) mass is 403 g/mol. The van der Waals surface area contributed by atoms with Gasteiger partial charge in [-0.25, -0.2) is 28.7 Å². The molecule has 10 heteroatoms. The maximum Gasteiger partial charge on any atom is 0.516 e. The van der Waals surface area contributed by atoms with Crippen LogP contribution in [0.3, 0.4) is 0 Å². The molecule has 154 valence electrons. The second-order valence-electron chi connectivity index (χ2n) is 6.99. The van der Waals surface area contributed by atoms with Crippen LogP contribution in [0.1, 0.15) is 36.8 Å². The predicted molar refractivity (Wildman–Crippen MR) is 98.9 cm³/mol. The highest BCUT2D eigenvalue weighted by molar-refractivity contribution is 5.96. The molecule has 1 aromatic heterocycles. The molecule has 1 aromatic carbocycles. The summed E-state index contributed by atoms with van der Waals surface area (Å²) in [6, 6.07) is 6.78. The van der Waals surface area contributed by atoms with Gasteiger partial charge in [-0.05, 0) is 32.9 Å². The van der Waals surface area contributed by atoms with Gasteiger partial charge in [-0.2, -0.15) is 0 Å². The van der Waals surface area contributed by atoms with Gasteiger partial charge in [-0.1, -0.05) is 18.2 Å². The van der Waals surface area contributed by atoms with Crippen LogP contribution in [0.2, 0.25) is 0 Å². The lowest BCUT2D eigenvalue weighted by atomic mass is 10.2. The first-order chi connectivity index (χ1) is 13.5. The Bertz CT molecular complexity index is 900. The Hall–Kier alpha value is -3.53. The van der Waals surface area contributed by atoms with Crippen LogP contribution in [-0.4, -0.2) is 45.4 Å². The number of nitrogens with zero attached hydrogens (tertiary/aromatic N) is 2. The number of ether oxygens (including phenoxy) is 3. The lowest BCUT2D eigenvalue weighted by Crippen LogP contribution is -2.37. The fraction of sp³-hybridized carbons (Fsp3) is 0.316. The van der Waals surface area contributed by atoms with Crippen molar-refractivity contribution >= 4 is 24.2 Å². The van der Waals surface area contributed by atoms with E-state index in [4.69, 9.17) is 15.2 Å². The van der Waals surface area contributed by atoms with Gasteiger partial charge in [0.25, 0.3) is 0 Å². The topological polar surface area (TPSA) is 140 Å². The maximum atomic E-state index is 12.0. The summed E-state index contributed by atoms with van der Waals surface area (Å²) in [6.07, 6.45) is 0.117. The van der Waals surface area contributed by atoms with E-state index in [1.807, 2.05) is 0 Å². The molecule has 0 saturated heterocycles. The van der Waals surface area contributed by atoms with Gasteiger partial charge in [0.2, 0.25) is 0 Å². The smallest absolute Gasteiger partial charge is 0.428 e. The number of nitrogens with two attached hydrogens (primary N) is 1. The zero-order valence-electron chi connectivity index (χ0n) is 16.2. The highest BCUT2D eigenvalue weighted by Crippen LogP contribution is 2.09. The van der Waals surface area contributed by atoms with Gasteiger partial charge in [-0.15, -0.1) is 0 Å². The molecule has 0 radical (unpaired) electrons. The molecule has 0 aliphatic carbocycles. The Balaban J connectivity index is 1.90. The average Bonchev–Trinajstić information content (AvgIpc) is 3.09. The molecule has 0 saturated carbocycles. The average molecular weight is 403 g/mol. The van der Waals surface area contributed by atoms with Crippen molar-refractivity contribution in [3.63, 3.8) is 0 Å². The van der Waals surface area contributed by atoms with Crippen LogP contribution in [0.4, 0.5) is 9.59 Å². The summed E-state index contributed by atoms with van der Waals surface area (Å²) >= 11 is 0. The first kappa shape index (κ1) is 21.8. The molecule has 1 heterocycles. The van der Waals surface area contributed by atoms with Gasteiger partial charge in [0, 0.05) is 12.6 Å². The van der Waals surface area contributed by atoms with Crippen LogP contribution in [0.25, 0.3) is 0 Å². The third kappa shape index (κ3) is 6.85. The van der Waals surface area contributed by atoms with Crippen LogP contribution in [0, 0.1) is 0 Å². The summed E-state index contributed by atoms with van der Waals surface area (Å²) in [7, 11) is 0. The molecule has 0 amide bonds. The van der Waals surface area contributed by atoms with Gasteiger partial charge in [0.1, 0.15) is 18.0 Å². The number of benzene rings is 1. The van der Waals surface area contributed by atoms with Gasteiger partial charge >= 0.3 is 24.2 Å². The third-order valence-electron chi connectivity index (χ3n) is 3.34. The number of esters is 2. The van der Waals surface area contributed by atoms with Crippen LogP contribution >= 0.6 is 0 Å². The lowest BCUT2D eigenvalue weighted by molar-refractivity contribution is -0.142. The molecule has 2 aromatic rings. The van der Waals surface area contributed by atoms with E-state index in [9.17, 15) is 19.2 Å². The van der Waals surface area contributed by atoms with Crippen LogP contribution in [0.5, 0.6) is 0 Å². The molecule has 10 nitrogen and oxygen atoms in total. The zero-order valence-corrected chi connectivity index (χ0v) is 16.2. The van der Waals surface area contributed by atoms with E-state index in [0.717, 1.165) is 10.9 Å². The summed E-state index contributed by atoms with van der Waals surface area (Å²) in [4.78, 5) is 51.2. The van der Waals surface area contributed by atoms with Crippen LogP contribution < -0.4 is 5.73 Å². The van der Waals surface area contributed by atoms with Crippen molar-refractivity contribution in [1.82, 2.24) is 9.55 Å². The summed E-state index contributed by atoms with van der Waals surface area (Å²) in [5.74, 6) is -1.82. The normalized spacial score (nSPS) is 12.0. The van der Waals surface area contributed by atoms with Gasteiger partial charge < -0.3 is 19.9 Å². The standard InChI is InChI=1S/C19H21N3O7/c1-19(2,3)29-18(26)28-16(24)14(20)9-13-10-22(11-21-13)17(25)27-15(23)12-7-5-4-6-8-12/h4-8,10-11,14H,9,20H2,1-3H3/t14-/m0/s1. The van der Waals surface area contributed by atoms with Crippen molar-refractivity contribution in [3.8, 4) is 0 Å². The molecule has 2 rings (SSSR count). The SMILES string of the molecule is CC(C)(C)OC(=O)OC(=O)[C@@H](N)Cc1cn(C(=O)OC(=O)c2ccccc2)cn1. The summed E-state index contributed by atoms with van der Waals surface area (Å²) < 4.78 is 15.1. The van der Waals surface area contributed by atoms with Crippen molar-refractivity contribution < 1.29 is 33.4 Å². The number of hydrogen-bond donors (Lipinski definition) is 1. The highest BCUT2D eigenvalue weighted by Gasteiger charge is 2.25. The molecule has 0 fully saturated rings. The summed E-state index contributed by atoms with van der Waals surface area (Å²) in [5.41, 5.74) is 5.35. The van der Waals surface area contributed by atoms with Crippen molar-refractivity contribution in [3.05, 3.63) is 54.1 Å². The molecule has 1 atom stereocenters. The summed E-state index contributed by atoms with van der Waals surface area (Å²) in [5, 5.41) is 0. The van der Waals surface area contributed by atoms with Crippen molar-refractivity contribution in [2.24, 2.45) is 5.73 Å². The first-order valence-electron chi connectivity index (χ1n) is 8.60. The minimum absolute atomic E-state index is 0.117. The molecule has 0 unspecified atom stereocenters. The lowest BCUT2D eigenvalue weighted by Gasteiger charge is -2.18. The number of rotatable bonds is 4. The minimum atomic E-state index is -1.21. The van der Waals surface area contributed by atoms with E-state index in [0.29, 0.717) is 0 Å². The fourth-order valence-electron chi connectivity index (χ4n) is 2.07. The molecule has 0 spiro atoms. The number of aromatic nitrogens is 2. The highest BCUT2D eigenvalue weighted by atomic mass is 16.7. The first-order valence-corrected chi connectivity index (χ1v) is 8.60.